The highest BCUT2D eigenvalue weighted by molar-refractivity contribution is 6.23. The van der Waals surface area contributed by atoms with Gasteiger partial charge in [-0.3, -0.25) is 19.2 Å². The molecule has 2 aliphatic rings. The van der Waals surface area contributed by atoms with Gasteiger partial charge in [0.25, 0.3) is 0 Å². The summed E-state index contributed by atoms with van der Waals surface area (Å²) >= 11 is 0. The number of carbonyl (C=O) groups is 4. The molecule has 0 unspecified atom stereocenters. The number of aryl methyl sites for hydroxylation is 1. The first-order chi connectivity index (χ1) is 21.1. The van der Waals surface area contributed by atoms with Crippen molar-refractivity contribution in [2.24, 2.45) is 28.3 Å². The van der Waals surface area contributed by atoms with Gasteiger partial charge >= 0.3 is 0 Å². The molecule has 5 aromatic rings. The van der Waals surface area contributed by atoms with Crippen LogP contribution in [0.15, 0.2) is 84.9 Å². The van der Waals surface area contributed by atoms with E-state index in [9.17, 15) is 19.2 Å². The molecule has 0 aromatic heterocycles. The minimum Gasteiger partial charge on any atom is -0.369 e. The van der Waals surface area contributed by atoms with Crippen molar-refractivity contribution in [1.82, 2.24) is 0 Å². The molecule has 0 spiro atoms. The van der Waals surface area contributed by atoms with E-state index in [-0.39, 0.29) is 19.3 Å². The summed E-state index contributed by atoms with van der Waals surface area (Å²) in [5, 5.41) is 3.57. The average molecular weight is 583 g/mol. The standard InChI is InChI=1S/C36H30N4O4/c37-31(41)35(32(38)42)17-22-14-25-26(15-23(22)18-35)30(20-9-5-2-6-10-20)27-16-28-21(11-12-36(28,33(39)43)34(40)44)13-24(27)29(25)19-7-3-1-4-8-19/h1-10,13-16H,11-12,17-18H2,(H2,37,41)(H2,38,42)(H2,39,43)(H2,40,44). The van der Waals surface area contributed by atoms with Crippen LogP contribution >= 0.6 is 0 Å². The van der Waals surface area contributed by atoms with Gasteiger partial charge in [-0.1, -0.05) is 78.9 Å². The zero-order valence-electron chi connectivity index (χ0n) is 23.9. The van der Waals surface area contributed by atoms with E-state index in [2.05, 4.69) is 12.1 Å². The van der Waals surface area contributed by atoms with Gasteiger partial charge in [-0.25, -0.2) is 0 Å². The summed E-state index contributed by atoms with van der Waals surface area (Å²) in [6, 6.07) is 27.8. The number of hydrogen-bond donors (Lipinski definition) is 4. The summed E-state index contributed by atoms with van der Waals surface area (Å²) in [5.41, 5.74) is 26.9. The van der Waals surface area contributed by atoms with Crippen molar-refractivity contribution in [2.75, 3.05) is 0 Å². The second-order valence-electron chi connectivity index (χ2n) is 12.0. The van der Waals surface area contributed by atoms with Gasteiger partial charge in [-0.2, -0.15) is 0 Å². The number of fused-ring (bicyclic) bond motifs is 4. The van der Waals surface area contributed by atoms with Crippen LogP contribution in [0.3, 0.4) is 0 Å². The third-order valence-corrected chi connectivity index (χ3v) is 9.78. The minimum absolute atomic E-state index is 0.104. The summed E-state index contributed by atoms with van der Waals surface area (Å²) < 4.78 is 0. The fraction of sp³-hybridized carbons (Fsp3) is 0.167. The summed E-state index contributed by atoms with van der Waals surface area (Å²) in [6.45, 7) is 0. The van der Waals surface area contributed by atoms with E-state index in [4.69, 9.17) is 22.9 Å². The van der Waals surface area contributed by atoms with E-state index >= 15 is 0 Å². The van der Waals surface area contributed by atoms with Crippen LogP contribution < -0.4 is 22.9 Å². The Balaban J connectivity index is 1.67. The number of nitrogens with two attached hydrogens (primary N) is 4. The predicted molar refractivity (Wildman–Crippen MR) is 169 cm³/mol. The molecule has 8 N–H and O–H groups in total. The number of benzene rings is 5. The highest BCUT2D eigenvalue weighted by Crippen LogP contribution is 2.50. The molecule has 0 aliphatic heterocycles. The van der Waals surface area contributed by atoms with E-state index in [0.29, 0.717) is 12.0 Å². The molecule has 8 heteroatoms. The van der Waals surface area contributed by atoms with E-state index in [1.165, 1.54) is 0 Å². The molecule has 0 saturated heterocycles. The zero-order chi connectivity index (χ0) is 31.0. The largest absolute Gasteiger partial charge is 0.369 e. The summed E-state index contributed by atoms with van der Waals surface area (Å²) in [4.78, 5) is 51.0. The maximum Gasteiger partial charge on any atom is 0.237 e. The minimum atomic E-state index is -1.61. The van der Waals surface area contributed by atoms with Gasteiger partial charge in [0.15, 0.2) is 5.41 Å². The molecule has 7 rings (SSSR count). The number of primary amides is 4. The molecule has 218 valence electrons. The molecule has 44 heavy (non-hydrogen) atoms. The normalized spacial score (nSPS) is 16.0. The molecule has 0 saturated carbocycles. The molecule has 2 aliphatic carbocycles. The monoisotopic (exact) mass is 582 g/mol. The second-order valence-corrected chi connectivity index (χ2v) is 12.0. The van der Waals surface area contributed by atoms with Crippen LogP contribution in [0.2, 0.25) is 0 Å². The van der Waals surface area contributed by atoms with Gasteiger partial charge in [0, 0.05) is 0 Å². The maximum atomic E-state index is 12.9. The lowest BCUT2D eigenvalue weighted by Gasteiger charge is -2.25. The molecule has 0 atom stereocenters. The smallest absolute Gasteiger partial charge is 0.237 e. The van der Waals surface area contributed by atoms with Crippen LogP contribution in [0.1, 0.15) is 28.7 Å². The van der Waals surface area contributed by atoms with E-state index in [1.54, 1.807) is 0 Å². The van der Waals surface area contributed by atoms with Gasteiger partial charge < -0.3 is 22.9 Å². The summed E-state index contributed by atoms with van der Waals surface area (Å²) in [6.07, 6.45) is 0.904. The molecule has 4 amide bonds. The lowest BCUT2D eigenvalue weighted by atomic mass is 9.78. The van der Waals surface area contributed by atoms with Crippen LogP contribution in [-0.2, 0) is 43.9 Å². The van der Waals surface area contributed by atoms with Crippen LogP contribution in [0.4, 0.5) is 0 Å². The molecule has 0 bridgehead atoms. The molecule has 5 aromatic carbocycles. The number of rotatable bonds is 6. The number of carbonyl (C=O) groups excluding carboxylic acids is 4. The van der Waals surface area contributed by atoms with E-state index in [1.807, 2.05) is 72.8 Å². The van der Waals surface area contributed by atoms with Crippen LogP contribution in [0.5, 0.6) is 0 Å². The Morgan fingerprint density at radius 2 is 0.932 bits per heavy atom. The van der Waals surface area contributed by atoms with Gasteiger partial charge in [0.05, 0.1) is 0 Å². The Bertz CT molecular complexity index is 2060. The third-order valence-electron chi connectivity index (χ3n) is 9.78. The van der Waals surface area contributed by atoms with Gasteiger partial charge in [0.2, 0.25) is 23.6 Å². The molecular formula is C36H30N4O4. The molecule has 8 nitrogen and oxygen atoms in total. The van der Waals surface area contributed by atoms with Gasteiger partial charge in [-0.15, -0.1) is 0 Å². The van der Waals surface area contributed by atoms with Crippen LogP contribution in [0.25, 0.3) is 43.8 Å². The van der Waals surface area contributed by atoms with E-state index in [0.717, 1.165) is 60.5 Å². The lowest BCUT2D eigenvalue weighted by Crippen LogP contribution is -2.49. The fourth-order valence-corrected chi connectivity index (χ4v) is 7.49. The number of hydrogen-bond acceptors (Lipinski definition) is 4. The Morgan fingerprint density at radius 3 is 1.34 bits per heavy atom. The van der Waals surface area contributed by atoms with Crippen molar-refractivity contribution < 1.29 is 19.2 Å². The molecule has 0 radical (unpaired) electrons. The molecule has 0 fully saturated rings. The van der Waals surface area contributed by atoms with Crippen LogP contribution in [-0.4, -0.2) is 23.6 Å². The van der Waals surface area contributed by atoms with Crippen molar-refractivity contribution in [3.63, 3.8) is 0 Å². The average Bonchev–Trinajstić information content (AvgIpc) is 3.59. The first-order valence-corrected chi connectivity index (χ1v) is 14.5. The molecule has 0 heterocycles. The van der Waals surface area contributed by atoms with Gasteiger partial charge in [0.1, 0.15) is 5.41 Å². The third kappa shape index (κ3) is 3.63. The van der Waals surface area contributed by atoms with E-state index < -0.39 is 34.5 Å². The SMILES string of the molecule is NC(=O)C1(C(N)=O)Cc2cc3c(-c4ccccc4)c4cc5c(cc4c(-c4ccccc4)c3cc2C1)C(C(N)=O)(C(N)=O)CC5. The quantitative estimate of drug-likeness (QED) is 0.177. The van der Waals surface area contributed by atoms with Crippen molar-refractivity contribution in [3.05, 3.63) is 107 Å². The van der Waals surface area contributed by atoms with Crippen LogP contribution in [0, 0.1) is 5.41 Å². The Kier molecular flexibility index (Phi) is 5.91. The first kappa shape index (κ1) is 27.3. The van der Waals surface area contributed by atoms with Crippen molar-refractivity contribution in [2.45, 2.75) is 31.1 Å². The summed E-state index contributed by atoms with van der Waals surface area (Å²) in [7, 11) is 0. The lowest BCUT2D eigenvalue weighted by molar-refractivity contribution is -0.139. The zero-order valence-corrected chi connectivity index (χ0v) is 23.9. The highest BCUT2D eigenvalue weighted by Gasteiger charge is 2.50. The number of amides is 4. The fourth-order valence-electron chi connectivity index (χ4n) is 7.49. The molecular weight excluding hydrogens is 552 g/mol. The van der Waals surface area contributed by atoms with Gasteiger partial charge in [-0.05, 0) is 97.8 Å². The predicted octanol–water partition coefficient (Wildman–Crippen LogP) is 3.54. The van der Waals surface area contributed by atoms with Crippen molar-refractivity contribution in [1.29, 1.82) is 0 Å². The van der Waals surface area contributed by atoms with Crippen molar-refractivity contribution >= 4 is 45.2 Å². The first-order valence-electron chi connectivity index (χ1n) is 14.5. The summed E-state index contributed by atoms with van der Waals surface area (Å²) in [5.74, 6) is -3.01. The highest BCUT2D eigenvalue weighted by atomic mass is 16.2. The Morgan fingerprint density at radius 1 is 0.523 bits per heavy atom. The maximum absolute atomic E-state index is 12.9. The second kappa shape index (κ2) is 9.50. The Hall–Kier alpha value is -5.50. The Labute approximate surface area is 253 Å². The topological polar surface area (TPSA) is 172 Å². The van der Waals surface area contributed by atoms with Crippen molar-refractivity contribution in [3.8, 4) is 22.3 Å².